The average molecular weight is 251 g/mol. The van der Waals surface area contributed by atoms with Gasteiger partial charge in [0.1, 0.15) is 0 Å². The Balaban J connectivity index is 2.57. The van der Waals surface area contributed by atoms with Crippen LogP contribution in [-0.2, 0) is 10.2 Å². The predicted molar refractivity (Wildman–Crippen MR) is 63.5 cm³/mol. The van der Waals surface area contributed by atoms with E-state index in [0.717, 1.165) is 0 Å². The number of rotatable bonds is 4. The molecule has 6 heteroatoms. The summed E-state index contributed by atoms with van der Waals surface area (Å²) in [4.78, 5) is 24.9. The van der Waals surface area contributed by atoms with Crippen LogP contribution in [0.2, 0.25) is 0 Å². The monoisotopic (exact) mass is 251 g/mol. The van der Waals surface area contributed by atoms with Crippen molar-refractivity contribution in [3.63, 3.8) is 0 Å². The second kappa shape index (κ2) is 4.30. The Morgan fingerprint density at radius 1 is 1.50 bits per heavy atom. The first-order valence-electron chi connectivity index (χ1n) is 5.45. The Labute approximate surface area is 102 Å². The zero-order chi connectivity index (χ0) is 13.3. The Hall–Kier alpha value is -2.08. The standard InChI is InChI=1S/C12H13NO5/c1-12(4-5-14,10(15)16)7-2-3-8-9(6-7)18-11(17)13-8/h2-3,6,14H,4-5H2,1H3,(H,13,17)(H,15,16). The largest absolute Gasteiger partial charge is 0.481 e. The molecule has 0 fully saturated rings. The number of hydrogen-bond donors (Lipinski definition) is 3. The molecule has 18 heavy (non-hydrogen) atoms. The highest BCUT2D eigenvalue weighted by molar-refractivity contribution is 5.83. The number of hydrogen-bond acceptors (Lipinski definition) is 4. The molecule has 1 aromatic heterocycles. The molecule has 0 aliphatic rings. The molecule has 0 radical (unpaired) electrons. The number of fused-ring (bicyclic) bond motifs is 1. The van der Waals surface area contributed by atoms with Crippen LogP contribution >= 0.6 is 0 Å². The van der Waals surface area contributed by atoms with Crippen molar-refractivity contribution in [1.82, 2.24) is 4.98 Å². The topological polar surface area (TPSA) is 104 Å². The van der Waals surface area contributed by atoms with E-state index in [0.29, 0.717) is 16.7 Å². The lowest BCUT2D eigenvalue weighted by molar-refractivity contribution is -0.143. The fourth-order valence-electron chi connectivity index (χ4n) is 1.89. The number of carboxylic acid groups (broad SMARTS) is 1. The lowest BCUT2D eigenvalue weighted by Gasteiger charge is -2.24. The maximum atomic E-state index is 11.3. The molecule has 0 aliphatic carbocycles. The molecule has 96 valence electrons. The van der Waals surface area contributed by atoms with Gasteiger partial charge in [-0.1, -0.05) is 6.07 Å². The predicted octanol–water partition coefficient (Wildman–Crippen LogP) is 0.846. The molecule has 0 amide bonds. The van der Waals surface area contributed by atoms with Crippen LogP contribution in [0.15, 0.2) is 27.4 Å². The summed E-state index contributed by atoms with van der Waals surface area (Å²) in [7, 11) is 0. The molecule has 0 saturated carbocycles. The Kier molecular flexibility index (Phi) is 2.96. The Bertz CT molecular complexity index is 641. The van der Waals surface area contributed by atoms with Crippen LogP contribution in [0.4, 0.5) is 0 Å². The van der Waals surface area contributed by atoms with Gasteiger partial charge in [0.25, 0.3) is 0 Å². The fraction of sp³-hybridized carbons (Fsp3) is 0.333. The van der Waals surface area contributed by atoms with E-state index in [-0.39, 0.29) is 13.0 Å². The number of oxazole rings is 1. The third-order valence-electron chi connectivity index (χ3n) is 3.14. The summed E-state index contributed by atoms with van der Waals surface area (Å²) in [6, 6.07) is 4.71. The van der Waals surface area contributed by atoms with Crippen LogP contribution in [0.1, 0.15) is 18.9 Å². The number of aliphatic hydroxyl groups excluding tert-OH is 1. The first kappa shape index (κ1) is 12.4. The molecular formula is C12H13NO5. The minimum absolute atomic E-state index is 0.0858. The van der Waals surface area contributed by atoms with Gasteiger partial charge in [-0.25, -0.2) is 4.79 Å². The number of carboxylic acids is 1. The summed E-state index contributed by atoms with van der Waals surface area (Å²) in [5.74, 6) is -1.62. The number of aliphatic carboxylic acids is 1. The Morgan fingerprint density at radius 3 is 2.83 bits per heavy atom. The van der Waals surface area contributed by atoms with Crippen molar-refractivity contribution in [1.29, 1.82) is 0 Å². The maximum absolute atomic E-state index is 11.3. The van der Waals surface area contributed by atoms with E-state index in [2.05, 4.69) is 4.98 Å². The summed E-state index contributed by atoms with van der Waals surface area (Å²) >= 11 is 0. The second-order valence-corrected chi connectivity index (χ2v) is 4.34. The smallest absolute Gasteiger partial charge is 0.417 e. The second-order valence-electron chi connectivity index (χ2n) is 4.34. The van der Waals surface area contributed by atoms with Gasteiger partial charge in [0, 0.05) is 6.61 Å². The summed E-state index contributed by atoms with van der Waals surface area (Å²) in [6.07, 6.45) is 0.0858. The minimum atomic E-state index is -1.21. The highest BCUT2D eigenvalue weighted by Crippen LogP contribution is 2.29. The van der Waals surface area contributed by atoms with Gasteiger partial charge >= 0.3 is 11.7 Å². The molecule has 1 aromatic carbocycles. The van der Waals surface area contributed by atoms with E-state index in [1.54, 1.807) is 12.1 Å². The van der Waals surface area contributed by atoms with Crippen molar-refractivity contribution in [2.75, 3.05) is 6.61 Å². The number of carbonyl (C=O) groups is 1. The van der Waals surface area contributed by atoms with Crippen molar-refractivity contribution in [2.24, 2.45) is 0 Å². The van der Waals surface area contributed by atoms with Gasteiger partial charge in [0.2, 0.25) is 0 Å². The zero-order valence-electron chi connectivity index (χ0n) is 9.77. The Morgan fingerprint density at radius 2 is 2.22 bits per heavy atom. The number of aromatic nitrogens is 1. The third-order valence-corrected chi connectivity index (χ3v) is 3.14. The van der Waals surface area contributed by atoms with Gasteiger partial charge in [0.05, 0.1) is 10.9 Å². The molecular weight excluding hydrogens is 238 g/mol. The molecule has 2 rings (SSSR count). The van der Waals surface area contributed by atoms with E-state index in [1.807, 2.05) is 0 Å². The van der Waals surface area contributed by atoms with Gasteiger partial charge in [0.15, 0.2) is 5.58 Å². The van der Waals surface area contributed by atoms with E-state index in [1.165, 1.54) is 13.0 Å². The van der Waals surface area contributed by atoms with Crippen LogP contribution < -0.4 is 5.76 Å². The molecule has 0 saturated heterocycles. The summed E-state index contributed by atoms with van der Waals surface area (Å²) in [5, 5.41) is 18.3. The highest BCUT2D eigenvalue weighted by Gasteiger charge is 2.35. The third kappa shape index (κ3) is 1.91. The van der Waals surface area contributed by atoms with Gasteiger partial charge in [-0.3, -0.25) is 9.78 Å². The molecule has 1 heterocycles. The fourth-order valence-corrected chi connectivity index (χ4v) is 1.89. The molecule has 2 aromatic rings. The molecule has 1 unspecified atom stereocenters. The number of benzene rings is 1. The summed E-state index contributed by atoms with van der Waals surface area (Å²) in [6.45, 7) is 1.29. The van der Waals surface area contributed by atoms with E-state index < -0.39 is 17.1 Å². The van der Waals surface area contributed by atoms with E-state index in [9.17, 15) is 14.7 Å². The molecule has 6 nitrogen and oxygen atoms in total. The van der Waals surface area contributed by atoms with E-state index >= 15 is 0 Å². The first-order valence-corrected chi connectivity index (χ1v) is 5.45. The van der Waals surface area contributed by atoms with Crippen LogP contribution in [0.25, 0.3) is 11.1 Å². The van der Waals surface area contributed by atoms with Crippen molar-refractivity contribution < 1.29 is 19.4 Å². The zero-order valence-corrected chi connectivity index (χ0v) is 9.77. The average Bonchev–Trinajstić information content (AvgIpc) is 2.67. The molecule has 0 bridgehead atoms. The van der Waals surface area contributed by atoms with Crippen molar-refractivity contribution in [2.45, 2.75) is 18.8 Å². The van der Waals surface area contributed by atoms with Gasteiger partial charge in [-0.15, -0.1) is 0 Å². The van der Waals surface area contributed by atoms with Crippen molar-refractivity contribution >= 4 is 17.1 Å². The number of aromatic amines is 1. The molecule has 1 atom stereocenters. The summed E-state index contributed by atoms with van der Waals surface area (Å²) in [5.41, 5.74) is 0.0985. The lowest BCUT2D eigenvalue weighted by Crippen LogP contribution is -2.33. The maximum Gasteiger partial charge on any atom is 0.417 e. The normalized spacial score (nSPS) is 14.6. The van der Waals surface area contributed by atoms with Crippen LogP contribution in [0, 0.1) is 0 Å². The van der Waals surface area contributed by atoms with Gasteiger partial charge in [-0.05, 0) is 31.0 Å². The first-order chi connectivity index (χ1) is 8.47. The summed E-state index contributed by atoms with van der Waals surface area (Å²) < 4.78 is 4.90. The van der Waals surface area contributed by atoms with Gasteiger partial charge in [-0.2, -0.15) is 0 Å². The number of H-pyrrole nitrogens is 1. The lowest BCUT2D eigenvalue weighted by atomic mass is 9.80. The minimum Gasteiger partial charge on any atom is -0.481 e. The molecule has 0 aliphatic heterocycles. The quantitative estimate of drug-likeness (QED) is 0.747. The molecule has 3 N–H and O–H groups in total. The molecule has 0 spiro atoms. The van der Waals surface area contributed by atoms with Crippen molar-refractivity contribution in [3.8, 4) is 0 Å². The van der Waals surface area contributed by atoms with Crippen LogP contribution in [0.3, 0.4) is 0 Å². The van der Waals surface area contributed by atoms with E-state index in [4.69, 9.17) is 9.52 Å². The van der Waals surface area contributed by atoms with Gasteiger partial charge < -0.3 is 14.6 Å². The highest BCUT2D eigenvalue weighted by atomic mass is 16.4. The number of aliphatic hydroxyl groups is 1. The van der Waals surface area contributed by atoms with Crippen molar-refractivity contribution in [3.05, 3.63) is 34.3 Å². The SMILES string of the molecule is CC(CCO)(C(=O)O)c1ccc2[nH]c(=O)oc2c1. The van der Waals surface area contributed by atoms with Crippen LogP contribution in [0.5, 0.6) is 0 Å². The van der Waals surface area contributed by atoms with Crippen LogP contribution in [-0.4, -0.2) is 27.8 Å². The number of nitrogens with one attached hydrogen (secondary N) is 1.